The Hall–Kier alpha value is -1.35. The third kappa shape index (κ3) is 4.03. The lowest BCUT2D eigenvalue weighted by Crippen LogP contribution is -2.06. The molecule has 0 aliphatic carbocycles. The van der Waals surface area contributed by atoms with E-state index in [1.165, 1.54) is 0 Å². The summed E-state index contributed by atoms with van der Waals surface area (Å²) in [7, 11) is 1.62. The minimum absolute atomic E-state index is 0.248. The van der Waals surface area contributed by atoms with Crippen molar-refractivity contribution in [1.82, 2.24) is 0 Å². The molecule has 3 heteroatoms. The van der Waals surface area contributed by atoms with Crippen LogP contribution in [-0.4, -0.2) is 19.4 Å². The summed E-state index contributed by atoms with van der Waals surface area (Å²) < 4.78 is 5.20. The standard InChI is InChI=1S/C13H19NO2/c1-16-13-8-3-2-6-11(13)10-12(15)7-4-5-9-14/h2-3,6,8H,4-5,7,9-10,14H2,1H3. The smallest absolute Gasteiger partial charge is 0.137 e. The Balaban J connectivity index is 2.49. The van der Waals surface area contributed by atoms with Crippen molar-refractivity contribution in [1.29, 1.82) is 0 Å². The highest BCUT2D eigenvalue weighted by Gasteiger charge is 2.07. The highest BCUT2D eigenvalue weighted by atomic mass is 16.5. The molecular weight excluding hydrogens is 202 g/mol. The van der Waals surface area contributed by atoms with Crippen LogP contribution in [0, 0.1) is 0 Å². The number of hydrogen-bond acceptors (Lipinski definition) is 3. The molecule has 0 fully saturated rings. The van der Waals surface area contributed by atoms with Crippen LogP contribution in [0.25, 0.3) is 0 Å². The second-order valence-corrected chi connectivity index (χ2v) is 3.77. The second-order valence-electron chi connectivity index (χ2n) is 3.77. The Morgan fingerprint density at radius 1 is 1.31 bits per heavy atom. The molecule has 3 nitrogen and oxygen atoms in total. The maximum Gasteiger partial charge on any atom is 0.137 e. The van der Waals surface area contributed by atoms with Gasteiger partial charge in [0, 0.05) is 18.4 Å². The highest BCUT2D eigenvalue weighted by Crippen LogP contribution is 2.18. The monoisotopic (exact) mass is 221 g/mol. The van der Waals surface area contributed by atoms with E-state index < -0.39 is 0 Å². The van der Waals surface area contributed by atoms with Gasteiger partial charge in [-0.2, -0.15) is 0 Å². The molecule has 0 heterocycles. The van der Waals surface area contributed by atoms with Crippen molar-refractivity contribution in [2.24, 2.45) is 5.73 Å². The maximum atomic E-state index is 11.7. The summed E-state index contributed by atoms with van der Waals surface area (Å²) in [5.41, 5.74) is 6.34. The van der Waals surface area contributed by atoms with Gasteiger partial charge in [-0.3, -0.25) is 4.79 Å². The SMILES string of the molecule is COc1ccccc1CC(=O)CCCCN. The van der Waals surface area contributed by atoms with Crippen molar-refractivity contribution < 1.29 is 9.53 Å². The summed E-state index contributed by atoms with van der Waals surface area (Å²) in [5.74, 6) is 1.03. The number of para-hydroxylation sites is 1. The van der Waals surface area contributed by atoms with E-state index >= 15 is 0 Å². The maximum absolute atomic E-state index is 11.7. The Morgan fingerprint density at radius 2 is 2.06 bits per heavy atom. The van der Waals surface area contributed by atoms with Gasteiger partial charge in [-0.25, -0.2) is 0 Å². The van der Waals surface area contributed by atoms with E-state index in [1.807, 2.05) is 24.3 Å². The van der Waals surface area contributed by atoms with Crippen molar-refractivity contribution in [3.05, 3.63) is 29.8 Å². The first-order valence-corrected chi connectivity index (χ1v) is 5.61. The Bertz CT molecular complexity index is 336. The fourth-order valence-corrected chi connectivity index (χ4v) is 1.62. The molecule has 0 aromatic heterocycles. The number of nitrogens with two attached hydrogens (primary N) is 1. The molecule has 0 bridgehead atoms. The summed E-state index contributed by atoms with van der Waals surface area (Å²) >= 11 is 0. The molecule has 0 amide bonds. The summed E-state index contributed by atoms with van der Waals surface area (Å²) in [6.07, 6.45) is 2.85. The first kappa shape index (κ1) is 12.7. The van der Waals surface area contributed by atoms with E-state index in [2.05, 4.69) is 0 Å². The first-order valence-electron chi connectivity index (χ1n) is 5.61. The number of carbonyl (C=O) groups is 1. The number of hydrogen-bond donors (Lipinski definition) is 1. The molecule has 0 radical (unpaired) electrons. The molecule has 0 aliphatic rings. The van der Waals surface area contributed by atoms with Crippen LogP contribution in [0.4, 0.5) is 0 Å². The van der Waals surface area contributed by atoms with Gasteiger partial charge in [0.2, 0.25) is 0 Å². The minimum atomic E-state index is 0.248. The molecule has 0 unspecified atom stereocenters. The van der Waals surface area contributed by atoms with Crippen molar-refractivity contribution in [3.63, 3.8) is 0 Å². The summed E-state index contributed by atoms with van der Waals surface area (Å²) in [5, 5.41) is 0. The molecule has 1 rings (SSSR count). The van der Waals surface area contributed by atoms with Crippen LogP contribution in [0.5, 0.6) is 5.75 Å². The van der Waals surface area contributed by atoms with Crippen LogP contribution < -0.4 is 10.5 Å². The number of rotatable bonds is 7. The molecule has 16 heavy (non-hydrogen) atoms. The van der Waals surface area contributed by atoms with E-state index in [-0.39, 0.29) is 5.78 Å². The van der Waals surface area contributed by atoms with E-state index in [0.717, 1.165) is 24.2 Å². The molecule has 2 N–H and O–H groups in total. The third-order valence-corrected chi connectivity index (χ3v) is 2.49. The summed E-state index contributed by atoms with van der Waals surface area (Å²) in [4.78, 5) is 11.7. The zero-order chi connectivity index (χ0) is 11.8. The molecule has 0 spiro atoms. The second kappa shape index (κ2) is 7.01. The first-order chi connectivity index (χ1) is 7.77. The van der Waals surface area contributed by atoms with Crippen molar-refractivity contribution in [2.45, 2.75) is 25.7 Å². The number of methoxy groups -OCH3 is 1. The topological polar surface area (TPSA) is 52.3 Å². The van der Waals surface area contributed by atoms with E-state index in [0.29, 0.717) is 19.4 Å². The van der Waals surface area contributed by atoms with Gasteiger partial charge in [-0.15, -0.1) is 0 Å². The van der Waals surface area contributed by atoms with E-state index in [4.69, 9.17) is 10.5 Å². The number of unbranched alkanes of at least 4 members (excludes halogenated alkanes) is 1. The van der Waals surface area contributed by atoms with Crippen LogP contribution >= 0.6 is 0 Å². The van der Waals surface area contributed by atoms with Crippen molar-refractivity contribution in [2.75, 3.05) is 13.7 Å². The van der Waals surface area contributed by atoms with Gasteiger partial charge in [0.1, 0.15) is 11.5 Å². The highest BCUT2D eigenvalue weighted by molar-refractivity contribution is 5.81. The predicted molar refractivity (Wildman–Crippen MR) is 64.6 cm³/mol. The van der Waals surface area contributed by atoms with Crippen molar-refractivity contribution in [3.8, 4) is 5.75 Å². The zero-order valence-electron chi connectivity index (χ0n) is 9.74. The third-order valence-electron chi connectivity index (χ3n) is 2.49. The number of benzene rings is 1. The molecule has 0 saturated heterocycles. The lowest BCUT2D eigenvalue weighted by atomic mass is 10.0. The molecule has 0 atom stereocenters. The van der Waals surface area contributed by atoms with Crippen molar-refractivity contribution >= 4 is 5.78 Å². The molecule has 1 aromatic carbocycles. The van der Waals surface area contributed by atoms with Gasteiger partial charge in [-0.1, -0.05) is 18.2 Å². The number of carbonyl (C=O) groups excluding carboxylic acids is 1. The Morgan fingerprint density at radius 3 is 2.75 bits per heavy atom. The molecule has 0 aliphatic heterocycles. The van der Waals surface area contributed by atoms with Crippen LogP contribution in [0.2, 0.25) is 0 Å². The van der Waals surface area contributed by atoms with Gasteiger partial charge < -0.3 is 10.5 Å². The molecule has 0 saturated carbocycles. The van der Waals surface area contributed by atoms with E-state index in [1.54, 1.807) is 7.11 Å². The minimum Gasteiger partial charge on any atom is -0.496 e. The zero-order valence-corrected chi connectivity index (χ0v) is 9.74. The van der Waals surface area contributed by atoms with E-state index in [9.17, 15) is 4.79 Å². The Kier molecular flexibility index (Phi) is 5.57. The molecule has 1 aromatic rings. The van der Waals surface area contributed by atoms with Crippen LogP contribution in [0.3, 0.4) is 0 Å². The average Bonchev–Trinajstić information content (AvgIpc) is 2.30. The number of ether oxygens (including phenoxy) is 1. The normalized spacial score (nSPS) is 10.1. The molecular formula is C13H19NO2. The van der Waals surface area contributed by atoms with Gasteiger partial charge >= 0.3 is 0 Å². The predicted octanol–water partition coefficient (Wildman–Crippen LogP) is 1.94. The van der Waals surface area contributed by atoms with Crippen LogP contribution in [-0.2, 0) is 11.2 Å². The largest absolute Gasteiger partial charge is 0.496 e. The van der Waals surface area contributed by atoms with Gasteiger partial charge in [0.25, 0.3) is 0 Å². The van der Waals surface area contributed by atoms with Gasteiger partial charge in [-0.05, 0) is 25.5 Å². The number of Topliss-reactive ketones (excluding diaryl/α,β-unsaturated/α-hetero) is 1. The quantitative estimate of drug-likeness (QED) is 0.716. The average molecular weight is 221 g/mol. The Labute approximate surface area is 96.6 Å². The molecule has 88 valence electrons. The van der Waals surface area contributed by atoms with Gasteiger partial charge in [0.15, 0.2) is 0 Å². The van der Waals surface area contributed by atoms with Crippen LogP contribution in [0.15, 0.2) is 24.3 Å². The number of ketones is 1. The summed E-state index contributed by atoms with van der Waals surface area (Å²) in [6, 6.07) is 7.63. The van der Waals surface area contributed by atoms with Gasteiger partial charge in [0.05, 0.1) is 7.11 Å². The fraction of sp³-hybridized carbons (Fsp3) is 0.462. The lowest BCUT2D eigenvalue weighted by Gasteiger charge is -2.07. The van der Waals surface area contributed by atoms with Crippen LogP contribution in [0.1, 0.15) is 24.8 Å². The lowest BCUT2D eigenvalue weighted by molar-refractivity contribution is -0.118. The summed E-state index contributed by atoms with van der Waals surface area (Å²) in [6.45, 7) is 0.655. The fourth-order valence-electron chi connectivity index (χ4n) is 1.62.